The van der Waals surface area contributed by atoms with E-state index in [0.717, 1.165) is 20.0 Å². The number of epoxide rings is 1. The number of cyclic esters (lactones) is 1. The number of rotatable bonds is 0. The molecule has 0 aliphatic carbocycles. The molecule has 2 N–H and O–H groups in total. The van der Waals surface area contributed by atoms with Crippen LogP contribution >= 0.6 is 0 Å². The predicted octanol–water partition coefficient (Wildman–Crippen LogP) is -1.18. The topological polar surface area (TPSA) is 109 Å². The van der Waals surface area contributed by atoms with Crippen LogP contribution in [0.25, 0.3) is 0 Å². The van der Waals surface area contributed by atoms with Crippen molar-refractivity contribution in [2.24, 2.45) is 5.92 Å². The second kappa shape index (κ2) is 4.69. The third-order valence-electron chi connectivity index (χ3n) is 6.47. The number of aliphatic hydroxyl groups is 2. The van der Waals surface area contributed by atoms with Gasteiger partial charge in [0.15, 0.2) is 5.60 Å². The molecule has 134 valence electrons. The lowest BCUT2D eigenvalue weighted by Crippen LogP contribution is -2.61. The first-order valence-electron chi connectivity index (χ1n) is 8.35. The predicted molar refractivity (Wildman–Crippen MR) is 78.8 cm³/mol. The average Bonchev–Trinajstić information content (AvgIpc) is 2.90. The summed E-state index contributed by atoms with van der Waals surface area (Å²) in [5.74, 6) is -2.70. The van der Waals surface area contributed by atoms with E-state index in [-0.39, 0.29) is 24.9 Å². The lowest BCUT2D eigenvalue weighted by molar-refractivity contribution is -0.205. The lowest BCUT2D eigenvalue weighted by atomic mass is 9.76. The van der Waals surface area contributed by atoms with E-state index in [1.807, 2.05) is 0 Å². The quantitative estimate of drug-likeness (QED) is 0.419. The standard InChI is InChI=1S/C16H23NO7/c1-8-12(18)23-9-4-5-17-6-10-16(24-10,11(9)17)7-22-13(19)15(3,21)14(8,2)20/h8-11,20-21H,4-7H2,1-3H3. The number of esters is 2. The Morgan fingerprint density at radius 1 is 1.25 bits per heavy atom. The van der Waals surface area contributed by atoms with Gasteiger partial charge in [0.1, 0.15) is 30.0 Å². The summed E-state index contributed by atoms with van der Waals surface area (Å²) in [7, 11) is 0. The first-order chi connectivity index (χ1) is 11.1. The van der Waals surface area contributed by atoms with Gasteiger partial charge in [0.2, 0.25) is 0 Å². The van der Waals surface area contributed by atoms with Crippen molar-refractivity contribution in [3.63, 3.8) is 0 Å². The van der Waals surface area contributed by atoms with Gasteiger partial charge in [-0.1, -0.05) is 0 Å². The molecule has 4 aliphatic rings. The van der Waals surface area contributed by atoms with Gasteiger partial charge in [-0.25, -0.2) is 4.79 Å². The summed E-state index contributed by atoms with van der Waals surface area (Å²) in [4.78, 5) is 27.1. The van der Waals surface area contributed by atoms with Crippen LogP contribution in [0.4, 0.5) is 0 Å². The highest BCUT2D eigenvalue weighted by atomic mass is 16.7. The molecule has 0 amide bonds. The van der Waals surface area contributed by atoms with Gasteiger partial charge in [0, 0.05) is 13.1 Å². The number of hydrogen-bond donors (Lipinski definition) is 2. The highest BCUT2D eigenvalue weighted by Crippen LogP contribution is 2.53. The van der Waals surface area contributed by atoms with Gasteiger partial charge in [0.05, 0.1) is 12.0 Å². The summed E-state index contributed by atoms with van der Waals surface area (Å²) in [6.07, 6.45) is 0.249. The fourth-order valence-corrected chi connectivity index (χ4v) is 4.31. The van der Waals surface area contributed by atoms with E-state index in [2.05, 4.69) is 4.90 Å². The van der Waals surface area contributed by atoms with E-state index >= 15 is 0 Å². The van der Waals surface area contributed by atoms with Gasteiger partial charge >= 0.3 is 11.9 Å². The number of ether oxygens (including phenoxy) is 3. The summed E-state index contributed by atoms with van der Waals surface area (Å²) in [5, 5.41) is 21.2. The van der Waals surface area contributed by atoms with E-state index in [1.54, 1.807) is 0 Å². The van der Waals surface area contributed by atoms with Crippen molar-refractivity contribution >= 4 is 11.9 Å². The highest BCUT2D eigenvalue weighted by Gasteiger charge is 2.73. The molecule has 4 rings (SSSR count). The van der Waals surface area contributed by atoms with Crippen molar-refractivity contribution in [1.29, 1.82) is 0 Å². The van der Waals surface area contributed by atoms with E-state index in [4.69, 9.17) is 14.2 Å². The van der Waals surface area contributed by atoms with Crippen molar-refractivity contribution in [3.05, 3.63) is 0 Å². The fourth-order valence-electron chi connectivity index (χ4n) is 4.31. The Morgan fingerprint density at radius 2 is 1.96 bits per heavy atom. The van der Waals surface area contributed by atoms with Gasteiger partial charge in [0.25, 0.3) is 0 Å². The van der Waals surface area contributed by atoms with E-state index in [0.29, 0.717) is 6.42 Å². The molecule has 8 heteroatoms. The Kier molecular flexibility index (Phi) is 3.18. The van der Waals surface area contributed by atoms with Crippen LogP contribution in [0.2, 0.25) is 0 Å². The molecule has 0 aromatic carbocycles. The molecule has 0 aromatic rings. The fraction of sp³-hybridized carbons (Fsp3) is 0.875. The largest absolute Gasteiger partial charge is 0.460 e. The number of morpholine rings is 1. The summed E-state index contributed by atoms with van der Waals surface area (Å²) >= 11 is 0. The molecule has 1 spiro atoms. The van der Waals surface area contributed by atoms with Crippen LogP contribution in [0.1, 0.15) is 27.2 Å². The van der Waals surface area contributed by atoms with Crippen LogP contribution < -0.4 is 0 Å². The van der Waals surface area contributed by atoms with Crippen LogP contribution in [-0.2, 0) is 23.8 Å². The Morgan fingerprint density at radius 3 is 2.67 bits per heavy atom. The van der Waals surface area contributed by atoms with Crippen LogP contribution in [-0.4, -0.2) is 81.8 Å². The highest BCUT2D eigenvalue weighted by molar-refractivity contribution is 5.83. The zero-order valence-electron chi connectivity index (χ0n) is 14.0. The van der Waals surface area contributed by atoms with Crippen LogP contribution in [0, 0.1) is 5.92 Å². The van der Waals surface area contributed by atoms with Crippen molar-refractivity contribution in [3.8, 4) is 0 Å². The van der Waals surface area contributed by atoms with Gasteiger partial charge in [-0.05, 0) is 27.2 Å². The molecule has 24 heavy (non-hydrogen) atoms. The number of carbonyl (C=O) groups excluding carboxylic acids is 2. The summed E-state index contributed by atoms with van der Waals surface area (Å²) in [5.41, 5.74) is -4.95. The SMILES string of the molecule is CC1C(=O)OC2CCN3CC4OC4(COC(=O)C(C)(O)C1(C)O)C23. The smallest absolute Gasteiger partial charge is 0.341 e. The second-order valence-electron chi connectivity index (χ2n) is 7.78. The molecular weight excluding hydrogens is 318 g/mol. The van der Waals surface area contributed by atoms with E-state index in [9.17, 15) is 19.8 Å². The van der Waals surface area contributed by atoms with Crippen molar-refractivity contribution in [2.75, 3.05) is 19.7 Å². The normalized spacial score (nSPS) is 54.4. The molecule has 0 radical (unpaired) electrons. The van der Waals surface area contributed by atoms with Gasteiger partial charge in [-0.2, -0.15) is 0 Å². The lowest BCUT2D eigenvalue weighted by Gasteiger charge is -2.39. The summed E-state index contributed by atoms with van der Waals surface area (Å²) < 4.78 is 16.8. The van der Waals surface area contributed by atoms with Crippen LogP contribution in [0.15, 0.2) is 0 Å². The van der Waals surface area contributed by atoms with E-state index < -0.39 is 34.7 Å². The molecular formula is C16H23NO7. The van der Waals surface area contributed by atoms with Gasteiger partial charge in [-0.3, -0.25) is 9.69 Å². The summed E-state index contributed by atoms with van der Waals surface area (Å²) in [6, 6.07) is -0.153. The maximum absolute atomic E-state index is 12.5. The average molecular weight is 341 g/mol. The maximum atomic E-state index is 12.5. The molecule has 4 aliphatic heterocycles. The third-order valence-corrected chi connectivity index (χ3v) is 6.47. The molecule has 0 bridgehead atoms. The van der Waals surface area contributed by atoms with E-state index in [1.165, 1.54) is 13.8 Å². The molecule has 0 saturated carbocycles. The van der Waals surface area contributed by atoms with Crippen LogP contribution in [0.3, 0.4) is 0 Å². The van der Waals surface area contributed by atoms with Crippen LogP contribution in [0.5, 0.6) is 0 Å². The molecule has 4 fully saturated rings. The van der Waals surface area contributed by atoms with Crippen molar-refractivity contribution in [1.82, 2.24) is 4.90 Å². The Bertz CT molecular complexity index is 603. The molecule has 0 aromatic heterocycles. The number of carbonyl (C=O) groups is 2. The minimum atomic E-state index is -2.25. The molecule has 7 atom stereocenters. The molecule has 8 nitrogen and oxygen atoms in total. The minimum Gasteiger partial charge on any atom is -0.460 e. The minimum absolute atomic E-state index is 0.0215. The van der Waals surface area contributed by atoms with Gasteiger partial charge in [-0.15, -0.1) is 0 Å². The van der Waals surface area contributed by atoms with Crippen molar-refractivity contribution in [2.45, 2.75) is 62.2 Å². The molecule has 4 heterocycles. The first-order valence-corrected chi connectivity index (χ1v) is 8.35. The zero-order valence-corrected chi connectivity index (χ0v) is 14.0. The molecule has 4 saturated heterocycles. The Hall–Kier alpha value is -1.22. The van der Waals surface area contributed by atoms with Crippen molar-refractivity contribution < 1.29 is 34.0 Å². The maximum Gasteiger partial charge on any atom is 0.341 e. The zero-order chi connectivity index (χ0) is 17.5. The van der Waals surface area contributed by atoms with Gasteiger partial charge < -0.3 is 24.4 Å². The second-order valence-corrected chi connectivity index (χ2v) is 7.78. The molecule has 7 unspecified atom stereocenters. The monoisotopic (exact) mass is 341 g/mol. The summed E-state index contributed by atoms with van der Waals surface area (Å²) in [6.45, 7) is 5.33. The number of nitrogens with zero attached hydrogens (tertiary/aromatic N) is 1. The Labute approximate surface area is 139 Å². The number of hydrogen-bond acceptors (Lipinski definition) is 8. The first kappa shape index (κ1) is 16.3. The third kappa shape index (κ3) is 1.88. The Balaban J connectivity index is 1.71.